The van der Waals surface area contributed by atoms with Crippen molar-refractivity contribution in [3.63, 3.8) is 0 Å². The zero-order valence-corrected chi connectivity index (χ0v) is 14.8. The summed E-state index contributed by atoms with van der Waals surface area (Å²) in [5.41, 5.74) is 5.57. The van der Waals surface area contributed by atoms with E-state index < -0.39 is 0 Å². The van der Waals surface area contributed by atoms with Crippen LogP contribution < -0.4 is 0 Å². The van der Waals surface area contributed by atoms with Crippen molar-refractivity contribution in [2.75, 3.05) is 6.54 Å². The van der Waals surface area contributed by atoms with Gasteiger partial charge in [-0.25, -0.2) is 0 Å². The molecule has 0 bridgehead atoms. The van der Waals surface area contributed by atoms with E-state index in [1.54, 1.807) is 0 Å². The molecular weight excluding hydrogens is 316 g/mol. The summed E-state index contributed by atoms with van der Waals surface area (Å²) in [6.07, 6.45) is 2.03. The molecule has 1 saturated heterocycles. The molecule has 0 N–H and O–H groups in total. The van der Waals surface area contributed by atoms with E-state index in [1.807, 2.05) is 0 Å². The van der Waals surface area contributed by atoms with Gasteiger partial charge in [-0.2, -0.15) is 5.10 Å². The van der Waals surface area contributed by atoms with E-state index in [2.05, 4.69) is 96.0 Å². The SMILES string of the molecule is c1ccc(C2CN2N=C2CC(c3ccccc3)(c3ccccc3)C2)cc1. The van der Waals surface area contributed by atoms with Crippen molar-refractivity contribution in [2.45, 2.75) is 24.3 Å². The Morgan fingerprint density at radius 3 is 1.73 bits per heavy atom. The van der Waals surface area contributed by atoms with Gasteiger partial charge in [-0.3, -0.25) is 5.01 Å². The molecular formula is C24H22N2. The average Bonchev–Trinajstić information content (AvgIpc) is 3.46. The van der Waals surface area contributed by atoms with Crippen LogP contribution in [0.5, 0.6) is 0 Å². The minimum absolute atomic E-state index is 0.0829. The van der Waals surface area contributed by atoms with Gasteiger partial charge in [0.05, 0.1) is 12.6 Å². The molecule has 2 fully saturated rings. The van der Waals surface area contributed by atoms with E-state index in [4.69, 9.17) is 5.10 Å². The molecule has 5 rings (SSSR count). The molecule has 1 unspecified atom stereocenters. The van der Waals surface area contributed by atoms with E-state index >= 15 is 0 Å². The van der Waals surface area contributed by atoms with Gasteiger partial charge in [0.2, 0.25) is 0 Å². The molecule has 1 aliphatic heterocycles. The molecule has 128 valence electrons. The lowest BCUT2D eigenvalue weighted by Crippen LogP contribution is -2.43. The summed E-state index contributed by atoms with van der Waals surface area (Å²) in [6.45, 7) is 1.04. The summed E-state index contributed by atoms with van der Waals surface area (Å²) >= 11 is 0. The first-order chi connectivity index (χ1) is 12.9. The highest BCUT2D eigenvalue weighted by atomic mass is 15.6. The summed E-state index contributed by atoms with van der Waals surface area (Å²) in [6, 6.07) is 32.9. The zero-order valence-electron chi connectivity index (χ0n) is 14.8. The summed E-state index contributed by atoms with van der Waals surface area (Å²) in [4.78, 5) is 0. The third kappa shape index (κ3) is 2.62. The van der Waals surface area contributed by atoms with Gasteiger partial charge in [0.1, 0.15) is 0 Å². The maximum absolute atomic E-state index is 4.95. The first kappa shape index (κ1) is 15.4. The predicted molar refractivity (Wildman–Crippen MR) is 106 cm³/mol. The highest BCUT2D eigenvalue weighted by Crippen LogP contribution is 2.48. The monoisotopic (exact) mass is 338 g/mol. The van der Waals surface area contributed by atoms with Gasteiger partial charge in [-0.15, -0.1) is 0 Å². The van der Waals surface area contributed by atoms with Gasteiger partial charge in [-0.1, -0.05) is 91.0 Å². The minimum atomic E-state index is 0.0829. The lowest BCUT2D eigenvalue weighted by atomic mass is 9.59. The molecule has 0 radical (unpaired) electrons. The van der Waals surface area contributed by atoms with Crippen LogP contribution >= 0.6 is 0 Å². The Kier molecular flexibility index (Phi) is 3.63. The lowest BCUT2D eigenvalue weighted by Gasteiger charge is -2.44. The second-order valence-corrected chi connectivity index (χ2v) is 7.38. The Morgan fingerprint density at radius 1 is 0.692 bits per heavy atom. The number of hydrogen-bond acceptors (Lipinski definition) is 2. The molecule has 0 amide bonds. The second kappa shape index (κ2) is 6.14. The third-order valence-corrected chi connectivity index (χ3v) is 5.70. The normalized spacial score (nSPS) is 20.4. The van der Waals surface area contributed by atoms with Gasteiger partial charge in [0.25, 0.3) is 0 Å². The van der Waals surface area contributed by atoms with E-state index in [9.17, 15) is 0 Å². The molecule has 2 heteroatoms. The van der Waals surface area contributed by atoms with Crippen LogP contribution in [0.15, 0.2) is 96.1 Å². The fraction of sp³-hybridized carbons (Fsp3) is 0.208. The Morgan fingerprint density at radius 2 is 1.19 bits per heavy atom. The minimum Gasteiger partial charge on any atom is -0.285 e. The van der Waals surface area contributed by atoms with Crippen molar-refractivity contribution < 1.29 is 0 Å². The summed E-state index contributed by atoms with van der Waals surface area (Å²) in [7, 11) is 0. The van der Waals surface area contributed by atoms with Gasteiger partial charge in [0.15, 0.2) is 0 Å². The van der Waals surface area contributed by atoms with Crippen LogP contribution in [0.4, 0.5) is 0 Å². The van der Waals surface area contributed by atoms with Crippen LogP contribution in [0.25, 0.3) is 0 Å². The fourth-order valence-corrected chi connectivity index (χ4v) is 4.18. The first-order valence-electron chi connectivity index (χ1n) is 9.34. The van der Waals surface area contributed by atoms with Crippen molar-refractivity contribution in [2.24, 2.45) is 5.10 Å². The summed E-state index contributed by atoms with van der Waals surface area (Å²) in [5.74, 6) is 0. The maximum atomic E-state index is 4.95. The third-order valence-electron chi connectivity index (χ3n) is 5.70. The van der Waals surface area contributed by atoms with Crippen LogP contribution in [-0.2, 0) is 5.41 Å². The molecule has 3 aromatic rings. The number of nitrogens with zero attached hydrogens (tertiary/aromatic N) is 2. The van der Waals surface area contributed by atoms with Crippen LogP contribution in [0.1, 0.15) is 35.6 Å². The quantitative estimate of drug-likeness (QED) is 0.598. The van der Waals surface area contributed by atoms with Gasteiger partial charge in [-0.05, 0) is 16.7 Å². The Bertz CT molecular complexity index is 867. The molecule has 2 aliphatic rings. The van der Waals surface area contributed by atoms with Crippen molar-refractivity contribution in [1.29, 1.82) is 0 Å². The topological polar surface area (TPSA) is 15.4 Å². The lowest BCUT2D eigenvalue weighted by molar-refractivity contribution is 0.457. The largest absolute Gasteiger partial charge is 0.285 e. The Labute approximate surface area is 154 Å². The Hall–Kier alpha value is -2.87. The van der Waals surface area contributed by atoms with E-state index in [0.29, 0.717) is 6.04 Å². The molecule has 1 aliphatic carbocycles. The van der Waals surface area contributed by atoms with Gasteiger partial charge >= 0.3 is 0 Å². The van der Waals surface area contributed by atoms with E-state index in [-0.39, 0.29) is 5.41 Å². The predicted octanol–water partition coefficient (Wildman–Crippen LogP) is 5.18. The number of hydrogen-bond donors (Lipinski definition) is 0. The fourth-order valence-electron chi connectivity index (χ4n) is 4.18. The molecule has 1 atom stereocenters. The highest BCUT2D eigenvalue weighted by Gasteiger charge is 2.46. The average molecular weight is 338 g/mol. The molecule has 1 heterocycles. The van der Waals surface area contributed by atoms with Gasteiger partial charge in [0, 0.05) is 24.0 Å². The molecule has 2 nitrogen and oxygen atoms in total. The van der Waals surface area contributed by atoms with E-state index in [0.717, 1.165) is 19.4 Å². The van der Waals surface area contributed by atoms with Crippen LogP contribution in [0.2, 0.25) is 0 Å². The summed E-state index contributed by atoms with van der Waals surface area (Å²) < 4.78 is 0. The first-order valence-corrected chi connectivity index (χ1v) is 9.34. The number of rotatable bonds is 4. The summed E-state index contributed by atoms with van der Waals surface area (Å²) in [5, 5.41) is 7.17. The molecule has 3 aromatic carbocycles. The smallest absolute Gasteiger partial charge is 0.0912 e. The zero-order chi connectivity index (χ0) is 17.4. The van der Waals surface area contributed by atoms with Crippen molar-refractivity contribution in [3.05, 3.63) is 108 Å². The Balaban J connectivity index is 1.38. The van der Waals surface area contributed by atoms with Gasteiger partial charge < -0.3 is 0 Å². The number of benzene rings is 3. The highest BCUT2D eigenvalue weighted by molar-refractivity contribution is 5.95. The van der Waals surface area contributed by atoms with Crippen molar-refractivity contribution in [1.82, 2.24) is 5.01 Å². The van der Waals surface area contributed by atoms with Crippen molar-refractivity contribution >= 4 is 5.71 Å². The maximum Gasteiger partial charge on any atom is 0.0912 e. The van der Waals surface area contributed by atoms with Crippen molar-refractivity contribution in [3.8, 4) is 0 Å². The molecule has 26 heavy (non-hydrogen) atoms. The van der Waals surface area contributed by atoms with Crippen LogP contribution in [-0.4, -0.2) is 17.3 Å². The number of hydrazone groups is 1. The van der Waals surface area contributed by atoms with E-state index in [1.165, 1.54) is 22.4 Å². The second-order valence-electron chi connectivity index (χ2n) is 7.38. The molecule has 1 saturated carbocycles. The van der Waals surface area contributed by atoms with Crippen LogP contribution in [0.3, 0.4) is 0 Å². The molecule has 0 aromatic heterocycles. The standard InChI is InChI=1S/C24H22N2/c1-4-10-19(11-5-1)23-18-26(23)25-22-16-24(17-22,20-12-6-2-7-13-20)21-14-8-3-9-15-21/h1-15,23H,16-18H2. The molecule has 0 spiro atoms. The van der Waals surface area contributed by atoms with Crippen LogP contribution in [0, 0.1) is 0 Å².